The Kier molecular flexibility index (Phi) is 3.34. The second kappa shape index (κ2) is 4.65. The summed E-state index contributed by atoms with van der Waals surface area (Å²) in [5, 5.41) is 0. The van der Waals surface area contributed by atoms with Crippen molar-refractivity contribution in [3.63, 3.8) is 0 Å². The van der Waals surface area contributed by atoms with Gasteiger partial charge in [-0.1, -0.05) is 30.8 Å². The highest BCUT2D eigenvalue weighted by Crippen LogP contribution is 2.43. The third-order valence-electron chi connectivity index (χ3n) is 3.61. The van der Waals surface area contributed by atoms with Gasteiger partial charge in [0.15, 0.2) is 0 Å². The van der Waals surface area contributed by atoms with E-state index in [0.717, 1.165) is 6.42 Å². The van der Waals surface area contributed by atoms with Gasteiger partial charge >= 0.3 is 0 Å². The fourth-order valence-electron chi connectivity index (χ4n) is 2.25. The average Bonchev–Trinajstić information content (AvgIpc) is 2.26. The molecule has 0 aromatic heterocycles. The number of thiocarbonyl (C=S) groups is 1. The summed E-state index contributed by atoms with van der Waals surface area (Å²) in [6, 6.07) is 6.17. The van der Waals surface area contributed by atoms with E-state index in [-0.39, 0.29) is 16.6 Å². The summed E-state index contributed by atoms with van der Waals surface area (Å²) < 4.78 is 13.7. The van der Waals surface area contributed by atoms with Gasteiger partial charge in [-0.2, -0.15) is 0 Å². The minimum Gasteiger partial charge on any atom is -0.392 e. The zero-order chi connectivity index (χ0) is 13.3. The van der Waals surface area contributed by atoms with Gasteiger partial charge in [0, 0.05) is 7.05 Å². The summed E-state index contributed by atoms with van der Waals surface area (Å²) in [6.07, 6.45) is 2.23. The van der Waals surface area contributed by atoms with Crippen LogP contribution in [0.4, 0.5) is 10.1 Å². The summed E-state index contributed by atoms with van der Waals surface area (Å²) in [4.78, 5) is 14.0. The van der Waals surface area contributed by atoms with E-state index >= 15 is 0 Å². The number of amides is 1. The molecule has 3 nitrogen and oxygen atoms in total. The molecule has 1 saturated carbocycles. The van der Waals surface area contributed by atoms with Gasteiger partial charge in [0.05, 0.1) is 16.1 Å². The van der Waals surface area contributed by atoms with Crippen LogP contribution < -0.4 is 10.6 Å². The van der Waals surface area contributed by atoms with Crippen molar-refractivity contribution in [2.75, 3.05) is 11.9 Å². The molecule has 1 aromatic rings. The Hall–Kier alpha value is -1.49. The van der Waals surface area contributed by atoms with Crippen molar-refractivity contribution in [1.29, 1.82) is 0 Å². The summed E-state index contributed by atoms with van der Waals surface area (Å²) >= 11 is 5.00. The molecule has 0 radical (unpaired) electrons. The molecule has 0 spiro atoms. The Bertz CT molecular complexity index is 500. The molecule has 0 atom stereocenters. The van der Waals surface area contributed by atoms with Crippen LogP contribution >= 0.6 is 12.2 Å². The summed E-state index contributed by atoms with van der Waals surface area (Å²) in [5.41, 5.74) is 5.16. The molecule has 0 bridgehead atoms. The number of anilines is 1. The fraction of sp³-hybridized carbons (Fsp3) is 0.385. The lowest BCUT2D eigenvalue weighted by Gasteiger charge is -2.41. The smallest absolute Gasteiger partial charge is 0.239 e. The second-order valence-electron chi connectivity index (χ2n) is 4.62. The first-order valence-electron chi connectivity index (χ1n) is 5.81. The van der Waals surface area contributed by atoms with Gasteiger partial charge in [-0.25, -0.2) is 4.39 Å². The van der Waals surface area contributed by atoms with Gasteiger partial charge < -0.3 is 10.6 Å². The highest BCUT2D eigenvalue weighted by atomic mass is 32.1. The number of hydrogen-bond donors (Lipinski definition) is 1. The van der Waals surface area contributed by atoms with E-state index in [1.165, 1.54) is 11.0 Å². The van der Waals surface area contributed by atoms with Gasteiger partial charge in [-0.3, -0.25) is 4.79 Å². The van der Waals surface area contributed by atoms with Crippen molar-refractivity contribution < 1.29 is 9.18 Å². The first-order chi connectivity index (χ1) is 8.49. The molecule has 1 aliphatic rings. The molecule has 96 valence electrons. The number of nitrogens with zero attached hydrogens (tertiary/aromatic N) is 1. The maximum Gasteiger partial charge on any atom is 0.239 e. The van der Waals surface area contributed by atoms with E-state index in [1.54, 1.807) is 25.2 Å². The lowest BCUT2D eigenvalue weighted by Crippen LogP contribution is -2.53. The van der Waals surface area contributed by atoms with Crippen LogP contribution in [0.25, 0.3) is 0 Å². The Morgan fingerprint density at radius 1 is 1.44 bits per heavy atom. The molecule has 2 rings (SSSR count). The molecule has 1 aliphatic carbocycles. The number of carbonyl (C=O) groups excluding carboxylic acids is 1. The Morgan fingerprint density at radius 3 is 2.50 bits per heavy atom. The van der Waals surface area contributed by atoms with Gasteiger partial charge in [0.25, 0.3) is 0 Å². The van der Waals surface area contributed by atoms with Crippen molar-refractivity contribution in [2.45, 2.75) is 19.3 Å². The molecule has 0 heterocycles. The topological polar surface area (TPSA) is 46.3 Å². The van der Waals surface area contributed by atoms with Crippen LogP contribution in [-0.2, 0) is 4.79 Å². The summed E-state index contributed by atoms with van der Waals surface area (Å²) in [5.74, 6) is -0.642. The van der Waals surface area contributed by atoms with Crippen molar-refractivity contribution >= 4 is 28.8 Å². The fourth-order valence-corrected chi connectivity index (χ4v) is 2.54. The number of nitrogens with two attached hydrogens (primary N) is 1. The third kappa shape index (κ3) is 1.88. The number of benzene rings is 1. The standard InChI is InChI=1S/C13H15FN2OS/c1-16(10-6-3-2-5-9(10)14)12(17)13(11(15)18)7-4-8-13/h2-3,5-6H,4,7-8H2,1H3,(H2,15,18). The number of hydrogen-bond acceptors (Lipinski definition) is 2. The number of halogens is 1. The molecule has 0 saturated heterocycles. The minimum atomic E-state index is -0.771. The Balaban J connectivity index is 2.29. The normalized spacial score (nSPS) is 16.8. The monoisotopic (exact) mass is 266 g/mol. The van der Waals surface area contributed by atoms with Crippen molar-refractivity contribution in [1.82, 2.24) is 0 Å². The van der Waals surface area contributed by atoms with Gasteiger partial charge in [-0.05, 0) is 25.0 Å². The SMILES string of the molecule is CN(C(=O)C1(C(N)=S)CCC1)c1ccccc1F. The van der Waals surface area contributed by atoms with Gasteiger partial charge in [0.1, 0.15) is 5.82 Å². The zero-order valence-corrected chi connectivity index (χ0v) is 11.0. The number of para-hydroxylation sites is 1. The molecule has 1 aromatic carbocycles. The van der Waals surface area contributed by atoms with Crippen molar-refractivity contribution in [3.8, 4) is 0 Å². The predicted octanol–water partition coefficient (Wildman–Crippen LogP) is 2.24. The molecule has 0 unspecified atom stereocenters. The highest BCUT2D eigenvalue weighted by molar-refractivity contribution is 7.80. The largest absolute Gasteiger partial charge is 0.392 e. The van der Waals surface area contributed by atoms with Crippen LogP contribution in [0.15, 0.2) is 24.3 Å². The van der Waals surface area contributed by atoms with E-state index in [1.807, 2.05) is 0 Å². The van der Waals surface area contributed by atoms with Gasteiger partial charge in [0.2, 0.25) is 5.91 Å². The first kappa shape index (κ1) is 13.0. The van der Waals surface area contributed by atoms with E-state index in [9.17, 15) is 9.18 Å². The minimum absolute atomic E-state index is 0.210. The maximum absolute atomic E-state index is 13.7. The van der Waals surface area contributed by atoms with Crippen LogP contribution in [0.2, 0.25) is 0 Å². The lowest BCUT2D eigenvalue weighted by atomic mass is 9.67. The summed E-state index contributed by atoms with van der Waals surface area (Å²) in [7, 11) is 1.55. The Labute approximate surface area is 111 Å². The Morgan fingerprint density at radius 2 is 2.06 bits per heavy atom. The average molecular weight is 266 g/mol. The van der Waals surface area contributed by atoms with E-state index in [4.69, 9.17) is 18.0 Å². The van der Waals surface area contributed by atoms with Crippen molar-refractivity contribution in [2.24, 2.45) is 11.1 Å². The predicted molar refractivity (Wildman–Crippen MR) is 72.9 cm³/mol. The van der Waals surface area contributed by atoms with Crippen LogP contribution in [0.5, 0.6) is 0 Å². The molecule has 1 amide bonds. The first-order valence-corrected chi connectivity index (χ1v) is 6.22. The van der Waals surface area contributed by atoms with Crippen LogP contribution in [-0.4, -0.2) is 17.9 Å². The lowest BCUT2D eigenvalue weighted by molar-refractivity contribution is -0.127. The van der Waals surface area contributed by atoms with E-state index < -0.39 is 11.2 Å². The highest BCUT2D eigenvalue weighted by Gasteiger charge is 2.48. The summed E-state index contributed by atoms with van der Waals surface area (Å²) in [6.45, 7) is 0. The molecule has 5 heteroatoms. The van der Waals surface area contributed by atoms with Crippen LogP contribution in [0.3, 0.4) is 0 Å². The molecule has 1 fully saturated rings. The second-order valence-corrected chi connectivity index (χ2v) is 5.06. The quantitative estimate of drug-likeness (QED) is 0.853. The maximum atomic E-state index is 13.7. The number of carbonyl (C=O) groups is 1. The van der Waals surface area contributed by atoms with Crippen molar-refractivity contribution in [3.05, 3.63) is 30.1 Å². The molecule has 0 aliphatic heterocycles. The molecular formula is C13H15FN2OS. The zero-order valence-electron chi connectivity index (χ0n) is 10.1. The van der Waals surface area contributed by atoms with Crippen LogP contribution in [0.1, 0.15) is 19.3 Å². The number of rotatable bonds is 3. The van der Waals surface area contributed by atoms with Crippen LogP contribution in [0, 0.1) is 11.2 Å². The molecule has 18 heavy (non-hydrogen) atoms. The van der Waals surface area contributed by atoms with E-state index in [0.29, 0.717) is 12.8 Å². The van der Waals surface area contributed by atoms with Gasteiger partial charge in [-0.15, -0.1) is 0 Å². The third-order valence-corrected chi connectivity index (χ3v) is 4.00. The molecule has 2 N–H and O–H groups in total. The van der Waals surface area contributed by atoms with E-state index in [2.05, 4.69) is 0 Å². The molecular weight excluding hydrogens is 251 g/mol.